The van der Waals surface area contributed by atoms with Gasteiger partial charge in [0.15, 0.2) is 0 Å². The first-order valence-corrected chi connectivity index (χ1v) is 8.88. The highest BCUT2D eigenvalue weighted by Crippen LogP contribution is 2.37. The minimum Gasteiger partial charge on any atom is -0.325 e. The third-order valence-corrected chi connectivity index (χ3v) is 4.80. The summed E-state index contributed by atoms with van der Waals surface area (Å²) in [6, 6.07) is 5.09. The van der Waals surface area contributed by atoms with Crippen LogP contribution in [0.1, 0.15) is 29.6 Å². The summed E-state index contributed by atoms with van der Waals surface area (Å²) in [5.41, 5.74) is -0.725. The van der Waals surface area contributed by atoms with E-state index >= 15 is 0 Å². The number of aromatic nitrogens is 2. The van der Waals surface area contributed by atoms with Gasteiger partial charge in [-0.2, -0.15) is 18.4 Å². The van der Waals surface area contributed by atoms with Gasteiger partial charge in [-0.25, -0.2) is 9.97 Å². The van der Waals surface area contributed by atoms with Crippen LogP contribution in [-0.4, -0.2) is 21.1 Å². The van der Waals surface area contributed by atoms with Crippen LogP contribution in [0, 0.1) is 25.2 Å². The van der Waals surface area contributed by atoms with E-state index in [9.17, 15) is 23.2 Å². The van der Waals surface area contributed by atoms with Gasteiger partial charge in [0.1, 0.15) is 22.5 Å². The molecule has 1 aromatic heterocycles. The van der Waals surface area contributed by atoms with E-state index in [-0.39, 0.29) is 16.3 Å². The number of aryl methyl sites for hydroxylation is 2. The number of anilines is 1. The first kappa shape index (κ1) is 21.0. The summed E-state index contributed by atoms with van der Waals surface area (Å²) >= 11 is 6.60. The van der Waals surface area contributed by atoms with Crippen molar-refractivity contribution >= 4 is 35.0 Å². The highest BCUT2D eigenvalue weighted by atomic mass is 35.5. The molecule has 5 nitrogen and oxygen atoms in total. The van der Waals surface area contributed by atoms with Gasteiger partial charge in [0.05, 0.1) is 22.2 Å². The molecule has 2 aromatic rings. The van der Waals surface area contributed by atoms with E-state index < -0.39 is 22.9 Å². The lowest BCUT2D eigenvalue weighted by Gasteiger charge is -2.17. The first-order chi connectivity index (χ1) is 12.5. The lowest BCUT2D eigenvalue weighted by atomic mass is 10.1. The van der Waals surface area contributed by atoms with Crippen LogP contribution in [0.4, 0.5) is 18.9 Å². The molecule has 1 N–H and O–H groups in total. The molecule has 0 saturated heterocycles. The molecule has 0 saturated carbocycles. The molecule has 1 aromatic carbocycles. The number of nitrogens with zero attached hydrogens (tertiary/aromatic N) is 3. The second-order valence-electron chi connectivity index (χ2n) is 5.59. The van der Waals surface area contributed by atoms with E-state index in [1.54, 1.807) is 13.8 Å². The van der Waals surface area contributed by atoms with E-state index in [4.69, 9.17) is 11.6 Å². The number of nitriles is 1. The van der Waals surface area contributed by atoms with Gasteiger partial charge < -0.3 is 5.32 Å². The highest BCUT2D eigenvalue weighted by Gasteiger charge is 2.34. The number of alkyl halides is 3. The van der Waals surface area contributed by atoms with Crippen LogP contribution in [-0.2, 0) is 11.0 Å². The largest absolute Gasteiger partial charge is 0.418 e. The van der Waals surface area contributed by atoms with Gasteiger partial charge in [0, 0.05) is 5.02 Å². The number of hydrogen-bond donors (Lipinski definition) is 1. The molecule has 0 radical (unpaired) electrons. The smallest absolute Gasteiger partial charge is 0.325 e. The first-order valence-electron chi connectivity index (χ1n) is 7.62. The SMILES string of the molecule is Cc1nc(C)c(C#N)c(SC(C)C(=O)Nc2ccc(Cl)cc2C(F)(F)F)n1. The van der Waals surface area contributed by atoms with Crippen LogP contribution in [0.25, 0.3) is 0 Å². The van der Waals surface area contributed by atoms with Crippen molar-refractivity contribution in [2.24, 2.45) is 0 Å². The molecule has 1 amide bonds. The number of rotatable bonds is 4. The van der Waals surface area contributed by atoms with E-state index in [1.807, 2.05) is 6.07 Å². The summed E-state index contributed by atoms with van der Waals surface area (Å²) in [4.78, 5) is 20.6. The predicted molar refractivity (Wildman–Crippen MR) is 96.6 cm³/mol. The van der Waals surface area contributed by atoms with Gasteiger partial charge in [0.25, 0.3) is 0 Å². The Hall–Kier alpha value is -2.31. The van der Waals surface area contributed by atoms with Crippen LogP contribution in [0.5, 0.6) is 0 Å². The summed E-state index contributed by atoms with van der Waals surface area (Å²) in [5.74, 6) is -0.232. The number of benzene rings is 1. The van der Waals surface area contributed by atoms with Crippen molar-refractivity contribution < 1.29 is 18.0 Å². The molecule has 1 heterocycles. The predicted octanol–water partition coefficient (Wildman–Crippen LogP) is 4.76. The lowest BCUT2D eigenvalue weighted by molar-refractivity contribution is -0.137. The Labute approximate surface area is 163 Å². The number of carbonyl (C=O) groups is 1. The van der Waals surface area contributed by atoms with E-state index in [0.717, 1.165) is 23.9 Å². The van der Waals surface area contributed by atoms with Crippen molar-refractivity contribution in [2.75, 3.05) is 5.32 Å². The van der Waals surface area contributed by atoms with Crippen molar-refractivity contribution in [1.82, 2.24) is 9.97 Å². The topological polar surface area (TPSA) is 78.7 Å². The van der Waals surface area contributed by atoms with Crippen LogP contribution in [0.2, 0.25) is 5.02 Å². The highest BCUT2D eigenvalue weighted by molar-refractivity contribution is 8.00. The molecule has 142 valence electrons. The minimum atomic E-state index is -4.67. The van der Waals surface area contributed by atoms with E-state index in [1.165, 1.54) is 13.0 Å². The normalized spacial score (nSPS) is 12.4. The fraction of sp³-hybridized carbons (Fsp3) is 0.294. The maximum Gasteiger partial charge on any atom is 0.418 e. The molecular weight excluding hydrogens is 401 g/mol. The molecule has 0 aliphatic carbocycles. The van der Waals surface area contributed by atoms with Gasteiger partial charge in [-0.15, -0.1) is 0 Å². The summed E-state index contributed by atoms with van der Waals surface area (Å²) < 4.78 is 39.4. The van der Waals surface area contributed by atoms with Gasteiger partial charge in [0.2, 0.25) is 5.91 Å². The fourth-order valence-corrected chi connectivity index (χ4v) is 3.38. The van der Waals surface area contributed by atoms with Crippen LogP contribution in [0.15, 0.2) is 23.2 Å². The monoisotopic (exact) mass is 414 g/mol. The van der Waals surface area contributed by atoms with Crippen LogP contribution < -0.4 is 5.32 Å². The molecule has 0 aliphatic rings. The molecule has 1 unspecified atom stereocenters. The summed E-state index contributed by atoms with van der Waals surface area (Å²) in [5, 5.41) is 10.9. The summed E-state index contributed by atoms with van der Waals surface area (Å²) in [6.45, 7) is 4.80. The van der Waals surface area contributed by atoms with Crippen molar-refractivity contribution in [3.8, 4) is 6.07 Å². The molecule has 10 heteroatoms. The van der Waals surface area contributed by atoms with Crippen LogP contribution >= 0.6 is 23.4 Å². The number of nitrogens with one attached hydrogen (secondary N) is 1. The second-order valence-corrected chi connectivity index (χ2v) is 7.35. The molecular formula is C17H14ClF3N4OS. The number of hydrogen-bond acceptors (Lipinski definition) is 5. The zero-order chi connectivity index (χ0) is 20.4. The number of halogens is 4. The Kier molecular flexibility index (Phi) is 6.34. The summed E-state index contributed by atoms with van der Waals surface area (Å²) in [6.07, 6.45) is -4.67. The molecule has 0 aliphatic heterocycles. The molecule has 2 rings (SSSR count). The Morgan fingerprint density at radius 2 is 2.00 bits per heavy atom. The molecule has 0 bridgehead atoms. The standard InChI is InChI=1S/C17H14ClF3N4OS/c1-8-12(7-22)16(24-10(3)23-8)27-9(2)15(26)25-14-5-4-11(18)6-13(14)17(19,20)21/h4-6,9H,1-3H3,(H,25,26). The average molecular weight is 415 g/mol. The Balaban J connectivity index is 2.25. The zero-order valence-corrected chi connectivity index (χ0v) is 16.1. The molecule has 0 fully saturated rings. The van der Waals surface area contributed by atoms with Crippen molar-refractivity contribution in [3.05, 3.63) is 45.9 Å². The van der Waals surface area contributed by atoms with E-state index in [0.29, 0.717) is 16.5 Å². The quantitative estimate of drug-likeness (QED) is 0.576. The van der Waals surface area contributed by atoms with Gasteiger partial charge in [-0.1, -0.05) is 23.4 Å². The average Bonchev–Trinajstić information content (AvgIpc) is 2.55. The lowest BCUT2D eigenvalue weighted by Crippen LogP contribution is -2.24. The van der Waals surface area contributed by atoms with Crippen molar-refractivity contribution in [1.29, 1.82) is 5.26 Å². The van der Waals surface area contributed by atoms with Crippen molar-refractivity contribution in [2.45, 2.75) is 37.2 Å². The second kappa shape index (κ2) is 8.15. The fourth-order valence-electron chi connectivity index (χ4n) is 2.21. The van der Waals surface area contributed by atoms with Gasteiger partial charge in [-0.3, -0.25) is 4.79 Å². The Morgan fingerprint density at radius 3 is 2.59 bits per heavy atom. The zero-order valence-electron chi connectivity index (χ0n) is 14.5. The molecule has 1 atom stereocenters. The molecule has 0 spiro atoms. The molecule has 27 heavy (non-hydrogen) atoms. The summed E-state index contributed by atoms with van der Waals surface area (Å²) in [7, 11) is 0. The third-order valence-electron chi connectivity index (χ3n) is 3.48. The van der Waals surface area contributed by atoms with Crippen molar-refractivity contribution in [3.63, 3.8) is 0 Å². The number of thioether (sulfide) groups is 1. The Bertz CT molecular complexity index is 928. The number of carbonyl (C=O) groups excluding carboxylic acids is 1. The minimum absolute atomic E-state index is 0.0895. The van der Waals surface area contributed by atoms with E-state index in [2.05, 4.69) is 15.3 Å². The number of amides is 1. The van der Waals surface area contributed by atoms with Gasteiger partial charge in [-0.05, 0) is 39.0 Å². The maximum absolute atomic E-state index is 13.1. The maximum atomic E-state index is 13.1. The van der Waals surface area contributed by atoms with Gasteiger partial charge >= 0.3 is 6.18 Å². The van der Waals surface area contributed by atoms with Crippen LogP contribution in [0.3, 0.4) is 0 Å². The third kappa shape index (κ3) is 5.11. The Morgan fingerprint density at radius 1 is 1.33 bits per heavy atom.